The number of aromatic amines is 1. The van der Waals surface area contributed by atoms with Gasteiger partial charge in [-0.05, 0) is 41.8 Å². The lowest BCUT2D eigenvalue weighted by Crippen LogP contribution is -2.14. The van der Waals surface area contributed by atoms with E-state index in [2.05, 4.69) is 15.5 Å². The summed E-state index contributed by atoms with van der Waals surface area (Å²) >= 11 is 0. The Morgan fingerprint density at radius 2 is 1.78 bits per heavy atom. The normalized spacial score (nSPS) is 10.9. The van der Waals surface area contributed by atoms with Crippen molar-refractivity contribution >= 4 is 22.6 Å². The smallest absolute Gasteiger partial charge is 0.230 e. The molecule has 4 aromatic rings. The Labute approximate surface area is 156 Å². The van der Waals surface area contributed by atoms with E-state index in [-0.39, 0.29) is 18.1 Å². The zero-order chi connectivity index (χ0) is 18.8. The predicted molar refractivity (Wildman–Crippen MR) is 105 cm³/mol. The minimum absolute atomic E-state index is 0.150. The van der Waals surface area contributed by atoms with Gasteiger partial charge in [0.1, 0.15) is 5.82 Å². The van der Waals surface area contributed by atoms with Crippen LogP contribution >= 0.6 is 0 Å². The maximum Gasteiger partial charge on any atom is 0.230 e. The summed E-state index contributed by atoms with van der Waals surface area (Å²) in [6.45, 7) is 1.93. The van der Waals surface area contributed by atoms with E-state index in [0.29, 0.717) is 11.4 Å². The van der Waals surface area contributed by atoms with Crippen molar-refractivity contribution in [1.29, 1.82) is 0 Å². The van der Waals surface area contributed by atoms with Crippen LogP contribution in [0.5, 0.6) is 0 Å². The third-order valence-electron chi connectivity index (χ3n) is 4.54. The van der Waals surface area contributed by atoms with Gasteiger partial charge in [-0.1, -0.05) is 48.5 Å². The SMILES string of the molecule is Cc1cc2[nH]nc(NC(=O)Cc3ccccc3)c2cc1-c1ccccc1F. The highest BCUT2D eigenvalue weighted by molar-refractivity contribution is 6.02. The van der Waals surface area contributed by atoms with Crippen LogP contribution in [0.25, 0.3) is 22.0 Å². The van der Waals surface area contributed by atoms with Crippen LogP contribution in [0.3, 0.4) is 0 Å². The van der Waals surface area contributed by atoms with Crippen molar-refractivity contribution in [1.82, 2.24) is 10.2 Å². The van der Waals surface area contributed by atoms with Crippen molar-refractivity contribution in [2.75, 3.05) is 5.32 Å². The molecule has 134 valence electrons. The number of benzene rings is 3. The standard InChI is InChI=1S/C22H18FN3O/c1-14-11-20-18(13-17(14)16-9-5-6-10-19(16)23)22(26-25-20)24-21(27)12-15-7-3-2-4-8-15/h2-11,13H,12H2,1H3,(H2,24,25,26,27). The summed E-state index contributed by atoms with van der Waals surface area (Å²) in [6.07, 6.45) is 0.265. The number of carbonyl (C=O) groups is 1. The molecule has 0 unspecified atom stereocenters. The number of rotatable bonds is 4. The van der Waals surface area contributed by atoms with E-state index < -0.39 is 0 Å². The highest BCUT2D eigenvalue weighted by Gasteiger charge is 2.14. The molecule has 0 spiro atoms. The van der Waals surface area contributed by atoms with Crippen LogP contribution in [0.2, 0.25) is 0 Å². The summed E-state index contributed by atoms with van der Waals surface area (Å²) in [5, 5.41) is 10.8. The molecule has 27 heavy (non-hydrogen) atoms. The molecule has 0 saturated carbocycles. The first kappa shape index (κ1) is 17.0. The number of amides is 1. The second-order valence-electron chi connectivity index (χ2n) is 6.48. The van der Waals surface area contributed by atoms with E-state index in [1.165, 1.54) is 6.07 Å². The number of hydrogen-bond donors (Lipinski definition) is 2. The quantitative estimate of drug-likeness (QED) is 0.547. The Balaban J connectivity index is 1.67. The molecule has 0 aliphatic carbocycles. The number of hydrogen-bond acceptors (Lipinski definition) is 2. The molecule has 0 aliphatic heterocycles. The zero-order valence-corrected chi connectivity index (χ0v) is 14.8. The maximum atomic E-state index is 14.2. The lowest BCUT2D eigenvalue weighted by molar-refractivity contribution is -0.115. The van der Waals surface area contributed by atoms with Gasteiger partial charge >= 0.3 is 0 Å². The summed E-state index contributed by atoms with van der Waals surface area (Å²) < 4.78 is 14.2. The van der Waals surface area contributed by atoms with Crippen LogP contribution in [0.1, 0.15) is 11.1 Å². The third kappa shape index (κ3) is 3.44. The van der Waals surface area contributed by atoms with Gasteiger partial charge in [-0.25, -0.2) is 4.39 Å². The first-order chi connectivity index (χ1) is 13.1. The van der Waals surface area contributed by atoms with Gasteiger partial charge in [-0.15, -0.1) is 0 Å². The van der Waals surface area contributed by atoms with Crippen molar-refractivity contribution in [3.63, 3.8) is 0 Å². The minimum atomic E-state index is -0.280. The number of carbonyl (C=O) groups excluding carboxylic acids is 1. The number of anilines is 1. The molecule has 1 heterocycles. The average Bonchev–Trinajstić information content (AvgIpc) is 3.04. The molecule has 1 amide bonds. The van der Waals surface area contributed by atoms with Gasteiger partial charge in [0.05, 0.1) is 11.9 Å². The molecule has 0 radical (unpaired) electrons. The van der Waals surface area contributed by atoms with E-state index >= 15 is 0 Å². The highest BCUT2D eigenvalue weighted by Crippen LogP contribution is 2.32. The van der Waals surface area contributed by atoms with Crippen LogP contribution in [0.4, 0.5) is 10.2 Å². The molecule has 4 nitrogen and oxygen atoms in total. The number of nitrogens with zero attached hydrogens (tertiary/aromatic N) is 1. The van der Waals surface area contributed by atoms with Crippen LogP contribution in [0, 0.1) is 12.7 Å². The molecule has 3 aromatic carbocycles. The fraction of sp³-hybridized carbons (Fsp3) is 0.0909. The van der Waals surface area contributed by atoms with E-state index in [4.69, 9.17) is 0 Å². The monoisotopic (exact) mass is 359 g/mol. The molecule has 5 heteroatoms. The number of aromatic nitrogens is 2. The molecule has 4 rings (SSSR count). The molecule has 2 N–H and O–H groups in total. The Morgan fingerprint density at radius 1 is 1.04 bits per heavy atom. The van der Waals surface area contributed by atoms with Crippen molar-refractivity contribution in [2.24, 2.45) is 0 Å². The summed E-state index contributed by atoms with van der Waals surface area (Å²) in [6, 6.07) is 20.0. The van der Waals surface area contributed by atoms with Gasteiger partial charge < -0.3 is 5.32 Å². The van der Waals surface area contributed by atoms with Gasteiger partial charge in [0.15, 0.2) is 5.82 Å². The zero-order valence-electron chi connectivity index (χ0n) is 14.8. The van der Waals surface area contributed by atoms with E-state index in [1.807, 2.05) is 49.4 Å². The van der Waals surface area contributed by atoms with Crippen molar-refractivity contribution < 1.29 is 9.18 Å². The Hall–Kier alpha value is -3.47. The van der Waals surface area contributed by atoms with Crippen molar-refractivity contribution in [3.8, 4) is 11.1 Å². The van der Waals surface area contributed by atoms with E-state index in [1.54, 1.807) is 18.2 Å². The van der Waals surface area contributed by atoms with Crippen LogP contribution in [0.15, 0.2) is 66.7 Å². The predicted octanol–water partition coefficient (Wildman–Crippen LogP) is 4.86. The summed E-state index contributed by atoms with van der Waals surface area (Å²) in [4.78, 5) is 12.4. The Kier molecular flexibility index (Phi) is 4.42. The third-order valence-corrected chi connectivity index (χ3v) is 4.54. The van der Waals surface area contributed by atoms with Gasteiger partial charge in [0.2, 0.25) is 5.91 Å². The van der Waals surface area contributed by atoms with Gasteiger partial charge in [-0.2, -0.15) is 5.10 Å². The summed E-state index contributed by atoms with van der Waals surface area (Å²) in [5.41, 5.74) is 3.96. The van der Waals surface area contributed by atoms with Crippen LogP contribution in [-0.4, -0.2) is 16.1 Å². The minimum Gasteiger partial charge on any atom is -0.308 e. The van der Waals surface area contributed by atoms with Gasteiger partial charge in [0.25, 0.3) is 0 Å². The van der Waals surface area contributed by atoms with Gasteiger partial charge in [0, 0.05) is 10.9 Å². The number of fused-ring (bicyclic) bond motifs is 1. The first-order valence-corrected chi connectivity index (χ1v) is 8.69. The maximum absolute atomic E-state index is 14.2. The summed E-state index contributed by atoms with van der Waals surface area (Å²) in [5.74, 6) is 0.0178. The Bertz CT molecular complexity index is 1120. The number of H-pyrrole nitrogens is 1. The van der Waals surface area contributed by atoms with Crippen molar-refractivity contribution in [3.05, 3.63) is 83.7 Å². The molecule has 0 saturated heterocycles. The second-order valence-corrected chi connectivity index (χ2v) is 6.48. The first-order valence-electron chi connectivity index (χ1n) is 8.69. The number of halogens is 1. The van der Waals surface area contributed by atoms with Crippen LogP contribution in [-0.2, 0) is 11.2 Å². The fourth-order valence-electron chi connectivity index (χ4n) is 3.20. The molecule has 0 bridgehead atoms. The topological polar surface area (TPSA) is 57.8 Å². The molecule has 0 atom stereocenters. The van der Waals surface area contributed by atoms with Gasteiger partial charge in [-0.3, -0.25) is 9.89 Å². The van der Waals surface area contributed by atoms with E-state index in [0.717, 1.165) is 27.6 Å². The highest BCUT2D eigenvalue weighted by atomic mass is 19.1. The van der Waals surface area contributed by atoms with Crippen molar-refractivity contribution in [2.45, 2.75) is 13.3 Å². The van der Waals surface area contributed by atoms with Crippen LogP contribution < -0.4 is 5.32 Å². The summed E-state index contributed by atoms with van der Waals surface area (Å²) in [7, 11) is 0. The molecular weight excluding hydrogens is 341 g/mol. The second kappa shape index (κ2) is 7.03. The average molecular weight is 359 g/mol. The van der Waals surface area contributed by atoms with E-state index in [9.17, 15) is 9.18 Å². The Morgan fingerprint density at radius 3 is 2.56 bits per heavy atom. The lowest BCUT2D eigenvalue weighted by atomic mass is 9.98. The molecule has 0 fully saturated rings. The molecule has 0 aliphatic rings. The molecular formula is C22H18FN3O. The fourth-order valence-corrected chi connectivity index (χ4v) is 3.20. The molecule has 1 aromatic heterocycles. The lowest BCUT2D eigenvalue weighted by Gasteiger charge is -2.08. The number of nitrogens with one attached hydrogen (secondary N) is 2. The number of aryl methyl sites for hydroxylation is 1. The largest absolute Gasteiger partial charge is 0.308 e.